The molecule has 2 atom stereocenters. The normalized spacial score (nSPS) is 23.3. The van der Waals surface area contributed by atoms with Crippen molar-refractivity contribution >= 4 is 50.3 Å². The van der Waals surface area contributed by atoms with Gasteiger partial charge in [-0.05, 0) is 104 Å². The van der Waals surface area contributed by atoms with Crippen LogP contribution in [-0.2, 0) is 32.8 Å². The van der Waals surface area contributed by atoms with Crippen molar-refractivity contribution in [1.29, 1.82) is 0 Å². The van der Waals surface area contributed by atoms with Crippen molar-refractivity contribution in [2.45, 2.75) is 82.3 Å². The van der Waals surface area contributed by atoms with Crippen molar-refractivity contribution in [3.8, 4) is 16.9 Å². The van der Waals surface area contributed by atoms with Crippen molar-refractivity contribution in [2.75, 3.05) is 48.9 Å². The van der Waals surface area contributed by atoms with Crippen molar-refractivity contribution in [3.05, 3.63) is 107 Å². The molecule has 340 valence electrons. The number of amides is 3. The molecule has 3 N–H and O–H groups in total. The van der Waals surface area contributed by atoms with Gasteiger partial charge in [0.15, 0.2) is 5.82 Å². The summed E-state index contributed by atoms with van der Waals surface area (Å²) in [4.78, 5) is 51.4. The number of rotatable bonds is 11. The number of aromatic nitrogens is 2. The van der Waals surface area contributed by atoms with Crippen LogP contribution < -0.4 is 19.7 Å². The zero-order valence-corrected chi connectivity index (χ0v) is 36.4. The predicted molar refractivity (Wildman–Crippen MR) is 237 cm³/mol. The summed E-state index contributed by atoms with van der Waals surface area (Å²) in [6.45, 7) is 3.66. The van der Waals surface area contributed by atoms with Crippen LogP contribution in [0, 0.1) is 11.6 Å². The molecule has 1 saturated carbocycles. The number of H-pyrrole nitrogens is 1. The van der Waals surface area contributed by atoms with Crippen molar-refractivity contribution in [2.24, 2.45) is 0 Å². The number of carbonyl (C=O) groups is 3. The molecule has 0 radical (unpaired) electrons. The molecule has 0 bridgehead atoms. The number of hydrogen-bond acceptors (Lipinski definition) is 9. The van der Waals surface area contributed by atoms with E-state index in [4.69, 9.17) is 4.74 Å². The van der Waals surface area contributed by atoms with E-state index in [9.17, 15) is 27.2 Å². The molecule has 1 unspecified atom stereocenters. The molecule has 3 amide bonds. The Bertz CT molecular complexity index is 2770. The fourth-order valence-corrected chi connectivity index (χ4v) is 11.3. The molecule has 3 aromatic carbocycles. The molecule has 14 nitrogen and oxygen atoms in total. The van der Waals surface area contributed by atoms with E-state index in [1.165, 1.54) is 0 Å². The van der Waals surface area contributed by atoms with Crippen LogP contribution in [0.1, 0.15) is 72.0 Å². The standard InChI is InChI=1S/C47H49F3N8O6S/c48-32-15-16-57(27-32)65(62,63)54-41-12-11-40(49)39(44(41)50)23-30-25-52-45-38(30)22-29(24-51-45)28-1-3-33(4-2-28)55-17-19-56(20-18-55)34-5-7-35(8-6-34)64-36-9-10-37-31(21-36)26-58(47(37)61)42-13-14-43(59)53-46(42)60/h1-4,9-12,21-22,24-25,32,34-35,42,54H,5-8,13-20,23,26-27H2,(H,51,52)(H,53,59,60)/t32-,34-,35+,42?/m1/s1. The van der Waals surface area contributed by atoms with Gasteiger partial charge < -0.3 is 19.5 Å². The third-order valence-electron chi connectivity index (χ3n) is 13.7. The molecule has 65 heavy (non-hydrogen) atoms. The molecule has 4 aliphatic heterocycles. The Morgan fingerprint density at radius 1 is 0.862 bits per heavy atom. The second-order valence-electron chi connectivity index (χ2n) is 17.7. The van der Waals surface area contributed by atoms with E-state index in [2.05, 4.69) is 41.9 Å². The number of anilines is 2. The van der Waals surface area contributed by atoms with Gasteiger partial charge in [0.2, 0.25) is 11.8 Å². The topological polar surface area (TPSA) is 160 Å². The maximum absolute atomic E-state index is 15.7. The van der Waals surface area contributed by atoms with E-state index in [1.807, 2.05) is 30.3 Å². The smallest absolute Gasteiger partial charge is 0.301 e. The van der Waals surface area contributed by atoms with Gasteiger partial charge in [0.05, 0.1) is 11.8 Å². The molecule has 0 spiro atoms. The van der Waals surface area contributed by atoms with E-state index < -0.39 is 45.7 Å². The molecule has 2 aromatic heterocycles. The molecule has 5 aromatic rings. The van der Waals surface area contributed by atoms with Crippen LogP contribution in [0.15, 0.2) is 73.1 Å². The number of aromatic amines is 1. The third kappa shape index (κ3) is 8.66. The van der Waals surface area contributed by atoms with Gasteiger partial charge in [-0.25, -0.2) is 18.2 Å². The number of nitrogens with zero attached hydrogens (tertiary/aromatic N) is 5. The summed E-state index contributed by atoms with van der Waals surface area (Å²) in [5.41, 5.74) is 4.71. The molecule has 6 heterocycles. The molecule has 18 heteroatoms. The zero-order valence-electron chi connectivity index (χ0n) is 35.6. The second kappa shape index (κ2) is 17.4. The molecular formula is C47H49F3N8O6S. The lowest BCUT2D eigenvalue weighted by Gasteiger charge is -2.42. The predicted octanol–water partition coefficient (Wildman–Crippen LogP) is 6.07. The van der Waals surface area contributed by atoms with E-state index in [1.54, 1.807) is 23.4 Å². The van der Waals surface area contributed by atoms with Crippen LogP contribution in [-0.4, -0.2) is 114 Å². The molecule has 5 aliphatic rings. The van der Waals surface area contributed by atoms with Gasteiger partial charge in [-0.3, -0.25) is 29.3 Å². The van der Waals surface area contributed by atoms with Gasteiger partial charge in [-0.15, -0.1) is 0 Å². The highest BCUT2D eigenvalue weighted by atomic mass is 32.2. The number of halogens is 3. The average molecular weight is 911 g/mol. The molecule has 3 saturated heterocycles. The number of ether oxygens (including phenoxy) is 1. The summed E-state index contributed by atoms with van der Waals surface area (Å²) >= 11 is 0. The Kier molecular flexibility index (Phi) is 11.5. The number of fused-ring (bicyclic) bond motifs is 2. The highest BCUT2D eigenvalue weighted by Gasteiger charge is 2.40. The summed E-state index contributed by atoms with van der Waals surface area (Å²) in [6.07, 6.45) is 6.57. The minimum atomic E-state index is -4.23. The highest BCUT2D eigenvalue weighted by Crippen LogP contribution is 2.35. The van der Waals surface area contributed by atoms with E-state index in [-0.39, 0.29) is 55.8 Å². The molecular weight excluding hydrogens is 862 g/mol. The largest absolute Gasteiger partial charge is 0.490 e. The molecule has 10 rings (SSSR count). The number of hydrogen-bond donors (Lipinski definition) is 3. The summed E-state index contributed by atoms with van der Waals surface area (Å²) in [5, 5.41) is 3.03. The first-order chi connectivity index (χ1) is 31.4. The zero-order chi connectivity index (χ0) is 45.0. The number of carbonyl (C=O) groups excluding carboxylic acids is 3. The van der Waals surface area contributed by atoms with Crippen LogP contribution in [0.25, 0.3) is 22.2 Å². The van der Waals surface area contributed by atoms with Crippen molar-refractivity contribution < 1.29 is 40.7 Å². The first-order valence-electron chi connectivity index (χ1n) is 22.3. The van der Waals surface area contributed by atoms with Gasteiger partial charge in [0.25, 0.3) is 5.91 Å². The van der Waals surface area contributed by atoms with Gasteiger partial charge >= 0.3 is 10.2 Å². The van der Waals surface area contributed by atoms with E-state index in [0.717, 1.165) is 96.4 Å². The minimum absolute atomic E-state index is 0.0257. The minimum Gasteiger partial charge on any atom is -0.490 e. The van der Waals surface area contributed by atoms with Crippen LogP contribution in [0.4, 0.5) is 24.5 Å². The first-order valence-corrected chi connectivity index (χ1v) is 23.7. The Morgan fingerprint density at radius 2 is 1.65 bits per heavy atom. The average Bonchev–Trinajstić information content (AvgIpc) is 4.03. The number of piperazine rings is 1. The summed E-state index contributed by atoms with van der Waals surface area (Å²) in [7, 11) is -4.23. The Hall–Kier alpha value is -5.98. The van der Waals surface area contributed by atoms with Gasteiger partial charge in [-0.1, -0.05) is 12.1 Å². The SMILES string of the molecule is O=C1CCC(N2Cc3cc(O[C@H]4CC[C@@H](N5CCN(c6ccc(-c7cnc8[nH]cc(Cc9c(F)ccc(NS(=O)(=O)N%10CC[C@@H](F)C%10)c9F)c8c7)cc6)CC5)CC4)ccc3C2=O)C(=O)N1. The van der Waals surface area contributed by atoms with Crippen LogP contribution in [0.2, 0.25) is 0 Å². The summed E-state index contributed by atoms with van der Waals surface area (Å²) in [5.74, 6) is -2.04. The van der Waals surface area contributed by atoms with Gasteiger partial charge in [0.1, 0.15) is 29.4 Å². The fraction of sp³-hybridized carbons (Fsp3) is 0.404. The maximum atomic E-state index is 15.7. The lowest BCUT2D eigenvalue weighted by molar-refractivity contribution is -0.136. The number of imide groups is 1. The van der Waals surface area contributed by atoms with Crippen molar-refractivity contribution in [1.82, 2.24) is 29.4 Å². The Balaban J connectivity index is 0.721. The lowest BCUT2D eigenvalue weighted by atomic mass is 9.91. The lowest BCUT2D eigenvalue weighted by Crippen LogP contribution is -2.52. The third-order valence-corrected chi connectivity index (χ3v) is 15.2. The van der Waals surface area contributed by atoms with Crippen LogP contribution >= 0.6 is 0 Å². The van der Waals surface area contributed by atoms with Gasteiger partial charge in [-0.2, -0.15) is 12.7 Å². The van der Waals surface area contributed by atoms with E-state index >= 15 is 8.78 Å². The monoisotopic (exact) mass is 910 g/mol. The van der Waals surface area contributed by atoms with Gasteiger partial charge in [0, 0.05) is 105 Å². The fourth-order valence-electron chi connectivity index (χ4n) is 10.1. The summed E-state index contributed by atoms with van der Waals surface area (Å²) in [6, 6.07) is 17.7. The first kappa shape index (κ1) is 42.9. The van der Waals surface area contributed by atoms with Crippen LogP contribution in [0.5, 0.6) is 5.75 Å². The number of nitrogens with one attached hydrogen (secondary N) is 3. The van der Waals surface area contributed by atoms with Crippen LogP contribution in [0.3, 0.4) is 0 Å². The maximum Gasteiger partial charge on any atom is 0.301 e. The second-order valence-corrected chi connectivity index (χ2v) is 19.4. The van der Waals surface area contributed by atoms with E-state index in [0.29, 0.717) is 41.2 Å². The molecule has 4 fully saturated rings. The Labute approximate surface area is 374 Å². The number of benzene rings is 3. The summed E-state index contributed by atoms with van der Waals surface area (Å²) < 4.78 is 79.7. The molecule has 1 aliphatic carbocycles. The number of piperidine rings is 1. The number of alkyl halides is 1. The quantitative estimate of drug-likeness (QED) is 0.134. The highest BCUT2D eigenvalue weighted by molar-refractivity contribution is 7.90. The van der Waals surface area contributed by atoms with Crippen molar-refractivity contribution in [3.63, 3.8) is 0 Å². The number of pyridine rings is 1. The Morgan fingerprint density at radius 3 is 2.38 bits per heavy atom.